The van der Waals surface area contributed by atoms with Gasteiger partial charge in [-0.05, 0) is 43.2 Å². The highest BCUT2D eigenvalue weighted by molar-refractivity contribution is 6.09. The van der Waals surface area contributed by atoms with E-state index >= 15 is 0 Å². The molecular weight excluding hydrogens is 260 g/mol. The molecule has 0 radical (unpaired) electrons. The van der Waals surface area contributed by atoms with Crippen molar-refractivity contribution in [3.63, 3.8) is 0 Å². The van der Waals surface area contributed by atoms with Crippen LogP contribution in [0.5, 0.6) is 0 Å². The van der Waals surface area contributed by atoms with Gasteiger partial charge < -0.3 is 10.2 Å². The number of para-hydroxylation sites is 1. The van der Waals surface area contributed by atoms with Gasteiger partial charge in [0, 0.05) is 25.0 Å². The lowest BCUT2D eigenvalue weighted by Gasteiger charge is -2.22. The van der Waals surface area contributed by atoms with Gasteiger partial charge in [0.1, 0.15) is 0 Å². The number of hydrogen-bond donors (Lipinski definition) is 1. The second-order valence-corrected chi connectivity index (χ2v) is 4.87. The Morgan fingerprint density at radius 3 is 2.38 bits per heavy atom. The predicted molar refractivity (Wildman–Crippen MR) is 89.2 cm³/mol. The van der Waals surface area contributed by atoms with Gasteiger partial charge in [0.25, 0.3) is 5.91 Å². The molecule has 21 heavy (non-hydrogen) atoms. The highest BCUT2D eigenvalue weighted by atomic mass is 16.2. The number of nitrogens with one attached hydrogen (secondary N) is 1. The van der Waals surface area contributed by atoms with E-state index in [0.717, 1.165) is 23.4 Å². The molecule has 0 aliphatic heterocycles. The third-order valence-electron chi connectivity index (χ3n) is 3.62. The molecule has 0 aliphatic carbocycles. The maximum atomic E-state index is 12.9. The monoisotopic (exact) mass is 282 g/mol. The summed E-state index contributed by atoms with van der Waals surface area (Å²) < 4.78 is 0. The van der Waals surface area contributed by atoms with Crippen molar-refractivity contribution in [2.75, 3.05) is 23.8 Å². The van der Waals surface area contributed by atoms with Crippen molar-refractivity contribution in [2.45, 2.75) is 20.3 Å². The Bertz CT molecular complexity index is 608. The van der Waals surface area contributed by atoms with Crippen LogP contribution in [0, 0.1) is 0 Å². The van der Waals surface area contributed by atoms with Crippen molar-refractivity contribution in [2.24, 2.45) is 0 Å². The molecule has 0 spiro atoms. The summed E-state index contributed by atoms with van der Waals surface area (Å²) >= 11 is 0. The van der Waals surface area contributed by atoms with Gasteiger partial charge in [0.2, 0.25) is 0 Å². The van der Waals surface area contributed by atoms with Gasteiger partial charge in [-0.1, -0.05) is 31.2 Å². The van der Waals surface area contributed by atoms with Crippen LogP contribution in [0.3, 0.4) is 0 Å². The van der Waals surface area contributed by atoms with Crippen LogP contribution in [0.1, 0.15) is 29.8 Å². The molecule has 2 aromatic carbocycles. The highest BCUT2D eigenvalue weighted by Gasteiger charge is 2.19. The normalized spacial score (nSPS) is 10.2. The van der Waals surface area contributed by atoms with Crippen molar-refractivity contribution >= 4 is 17.3 Å². The molecule has 3 heteroatoms. The third-order valence-corrected chi connectivity index (χ3v) is 3.62. The number of anilines is 2. The molecule has 2 aromatic rings. The van der Waals surface area contributed by atoms with Crippen molar-refractivity contribution in [3.05, 3.63) is 59.7 Å². The molecule has 1 amide bonds. The Kier molecular flexibility index (Phi) is 4.99. The number of amides is 1. The molecule has 0 atom stereocenters. The average Bonchev–Trinajstić information content (AvgIpc) is 2.55. The van der Waals surface area contributed by atoms with Gasteiger partial charge >= 0.3 is 0 Å². The summed E-state index contributed by atoms with van der Waals surface area (Å²) in [5.74, 6) is 0.0309. The van der Waals surface area contributed by atoms with E-state index in [1.54, 1.807) is 4.90 Å². The molecule has 0 aromatic heterocycles. The van der Waals surface area contributed by atoms with Crippen molar-refractivity contribution < 1.29 is 4.79 Å². The molecule has 0 unspecified atom stereocenters. The first-order chi connectivity index (χ1) is 10.2. The fourth-order valence-electron chi connectivity index (χ4n) is 2.40. The summed E-state index contributed by atoms with van der Waals surface area (Å²) in [5, 5.41) is 3.11. The van der Waals surface area contributed by atoms with Crippen molar-refractivity contribution in [3.8, 4) is 0 Å². The van der Waals surface area contributed by atoms with Gasteiger partial charge in [-0.25, -0.2) is 0 Å². The summed E-state index contributed by atoms with van der Waals surface area (Å²) in [6, 6.07) is 15.8. The molecule has 1 N–H and O–H groups in total. The quantitative estimate of drug-likeness (QED) is 0.900. The molecule has 2 rings (SSSR count). The average molecular weight is 282 g/mol. The van der Waals surface area contributed by atoms with E-state index in [1.807, 2.05) is 56.4 Å². The minimum Gasteiger partial charge on any atom is -0.387 e. The van der Waals surface area contributed by atoms with Crippen LogP contribution in [-0.2, 0) is 6.42 Å². The Morgan fingerprint density at radius 2 is 1.81 bits per heavy atom. The smallest absolute Gasteiger partial charge is 0.260 e. The third kappa shape index (κ3) is 3.24. The number of benzene rings is 2. The van der Waals surface area contributed by atoms with Crippen LogP contribution in [0.15, 0.2) is 48.5 Å². The number of rotatable bonds is 5. The minimum absolute atomic E-state index is 0.0309. The Hall–Kier alpha value is -2.29. The van der Waals surface area contributed by atoms with E-state index in [2.05, 4.69) is 18.3 Å². The fraction of sp³-hybridized carbons (Fsp3) is 0.278. The van der Waals surface area contributed by atoms with Crippen LogP contribution < -0.4 is 10.2 Å². The van der Waals surface area contributed by atoms with E-state index in [0.29, 0.717) is 6.54 Å². The van der Waals surface area contributed by atoms with E-state index in [4.69, 9.17) is 0 Å². The second kappa shape index (κ2) is 6.93. The molecule has 0 aliphatic rings. The lowest BCUT2D eigenvalue weighted by molar-refractivity contribution is 0.0989. The lowest BCUT2D eigenvalue weighted by atomic mass is 10.0. The predicted octanol–water partition coefficient (Wildman–Crippen LogP) is 3.96. The zero-order valence-electron chi connectivity index (χ0n) is 12.9. The molecule has 110 valence electrons. The molecule has 0 heterocycles. The van der Waals surface area contributed by atoms with Gasteiger partial charge in [0.15, 0.2) is 0 Å². The minimum atomic E-state index is 0.0309. The number of aryl methyl sites for hydroxylation is 1. The molecular formula is C18H22N2O. The van der Waals surface area contributed by atoms with Crippen LogP contribution in [0.2, 0.25) is 0 Å². The Morgan fingerprint density at radius 1 is 1.10 bits per heavy atom. The van der Waals surface area contributed by atoms with Crippen molar-refractivity contribution in [1.29, 1.82) is 0 Å². The number of carbonyl (C=O) groups is 1. The summed E-state index contributed by atoms with van der Waals surface area (Å²) in [7, 11) is 1.84. The molecule has 0 saturated heterocycles. The van der Waals surface area contributed by atoms with Gasteiger partial charge in [-0.3, -0.25) is 4.79 Å². The maximum Gasteiger partial charge on any atom is 0.260 e. The number of nitrogens with zero attached hydrogens (tertiary/aromatic N) is 1. The highest BCUT2D eigenvalue weighted by Crippen LogP contribution is 2.23. The van der Waals surface area contributed by atoms with Crippen molar-refractivity contribution in [1.82, 2.24) is 0 Å². The van der Waals surface area contributed by atoms with Gasteiger partial charge in [0.05, 0.1) is 5.56 Å². The van der Waals surface area contributed by atoms with Crippen LogP contribution in [0.4, 0.5) is 11.4 Å². The van der Waals surface area contributed by atoms with Gasteiger partial charge in [-0.2, -0.15) is 0 Å². The molecule has 0 bridgehead atoms. The Labute approximate surface area is 126 Å². The first kappa shape index (κ1) is 15.1. The van der Waals surface area contributed by atoms with Crippen LogP contribution in [0.25, 0.3) is 0 Å². The molecule has 0 saturated carbocycles. The lowest BCUT2D eigenvalue weighted by Crippen LogP contribution is -2.31. The maximum absolute atomic E-state index is 12.9. The largest absolute Gasteiger partial charge is 0.387 e. The zero-order chi connectivity index (χ0) is 15.2. The first-order valence-electron chi connectivity index (χ1n) is 7.38. The molecule has 3 nitrogen and oxygen atoms in total. The molecule has 0 fully saturated rings. The van der Waals surface area contributed by atoms with E-state index in [1.165, 1.54) is 5.56 Å². The summed E-state index contributed by atoms with van der Waals surface area (Å²) in [6.45, 7) is 4.73. The Balaban J connectivity index is 2.42. The van der Waals surface area contributed by atoms with E-state index in [9.17, 15) is 4.79 Å². The summed E-state index contributed by atoms with van der Waals surface area (Å²) in [6.07, 6.45) is 0.918. The number of carbonyl (C=O) groups excluding carboxylic acids is 1. The second-order valence-electron chi connectivity index (χ2n) is 4.87. The van der Waals surface area contributed by atoms with E-state index in [-0.39, 0.29) is 5.91 Å². The standard InChI is InChI=1S/C18H22N2O/c1-4-14-11-12-17(19-3)16(13-14)18(21)20(5-2)15-9-7-6-8-10-15/h6-13,19H,4-5H2,1-3H3. The van der Waals surface area contributed by atoms with Crippen LogP contribution >= 0.6 is 0 Å². The fourth-order valence-corrected chi connectivity index (χ4v) is 2.40. The summed E-state index contributed by atoms with van der Waals surface area (Å²) in [5.41, 5.74) is 3.68. The SMILES string of the molecule is CCc1ccc(NC)c(C(=O)N(CC)c2ccccc2)c1. The summed E-state index contributed by atoms with van der Waals surface area (Å²) in [4.78, 5) is 14.7. The zero-order valence-corrected chi connectivity index (χ0v) is 12.9. The topological polar surface area (TPSA) is 32.3 Å². The first-order valence-corrected chi connectivity index (χ1v) is 7.38. The van der Waals surface area contributed by atoms with E-state index < -0.39 is 0 Å². The van der Waals surface area contributed by atoms with Crippen LogP contribution in [-0.4, -0.2) is 19.5 Å². The van der Waals surface area contributed by atoms with Gasteiger partial charge in [-0.15, -0.1) is 0 Å². The number of hydrogen-bond acceptors (Lipinski definition) is 2.